The second kappa shape index (κ2) is 10.1. The molecule has 0 aliphatic carbocycles. The van der Waals surface area contributed by atoms with E-state index in [4.69, 9.17) is 14.2 Å². The van der Waals surface area contributed by atoms with Gasteiger partial charge in [0.05, 0.1) is 37.9 Å². The van der Waals surface area contributed by atoms with E-state index >= 15 is 0 Å². The Bertz CT molecular complexity index is 1000. The Labute approximate surface area is 183 Å². The van der Waals surface area contributed by atoms with Crippen LogP contribution < -0.4 is 14.2 Å². The van der Waals surface area contributed by atoms with E-state index in [-0.39, 0.29) is 16.4 Å². The summed E-state index contributed by atoms with van der Waals surface area (Å²) >= 11 is 0. The zero-order chi connectivity index (χ0) is 22.4. The summed E-state index contributed by atoms with van der Waals surface area (Å²) in [7, 11) is -0.849. The number of rotatable bonds is 8. The Morgan fingerprint density at radius 2 is 1.77 bits per heavy atom. The first-order valence-electron chi connectivity index (χ1n) is 10.1. The van der Waals surface area contributed by atoms with E-state index < -0.39 is 16.1 Å². The van der Waals surface area contributed by atoms with Gasteiger partial charge in [0.25, 0.3) is 5.91 Å². The number of nitrogens with one attached hydrogen (secondary N) is 1. The number of amides is 1. The molecule has 3 rings (SSSR count). The van der Waals surface area contributed by atoms with E-state index in [0.717, 1.165) is 5.56 Å². The number of morpholine rings is 1. The van der Waals surface area contributed by atoms with E-state index in [1.54, 1.807) is 24.1 Å². The lowest BCUT2D eigenvalue weighted by Gasteiger charge is -2.27. The number of nitrogens with zero attached hydrogens (tertiary/aromatic N) is 1. The summed E-state index contributed by atoms with van der Waals surface area (Å²) in [5, 5.41) is 0. The van der Waals surface area contributed by atoms with Gasteiger partial charge in [0, 0.05) is 19.1 Å². The largest absolute Gasteiger partial charge is 0.497 e. The Kier molecular flexibility index (Phi) is 7.53. The van der Waals surface area contributed by atoms with Crippen LogP contribution in [0, 0.1) is 0 Å². The van der Waals surface area contributed by atoms with Gasteiger partial charge in [-0.25, -0.2) is 13.1 Å². The average Bonchev–Trinajstić information content (AvgIpc) is 2.82. The van der Waals surface area contributed by atoms with Gasteiger partial charge in [0.2, 0.25) is 10.0 Å². The molecule has 0 unspecified atom stereocenters. The molecule has 1 fully saturated rings. The smallest absolute Gasteiger partial charge is 0.257 e. The minimum Gasteiger partial charge on any atom is -0.497 e. The number of benzene rings is 2. The van der Waals surface area contributed by atoms with Crippen LogP contribution in [0.1, 0.15) is 35.3 Å². The van der Waals surface area contributed by atoms with Crippen molar-refractivity contribution in [1.29, 1.82) is 0 Å². The molecule has 31 heavy (non-hydrogen) atoms. The van der Waals surface area contributed by atoms with Gasteiger partial charge in [0.15, 0.2) is 0 Å². The fraction of sp³-hybridized carbons (Fsp3) is 0.409. The van der Waals surface area contributed by atoms with E-state index in [1.807, 2.05) is 19.1 Å². The van der Waals surface area contributed by atoms with Crippen molar-refractivity contribution in [3.05, 3.63) is 53.6 Å². The number of ether oxygens (including phenoxy) is 3. The van der Waals surface area contributed by atoms with Crippen LogP contribution in [0.25, 0.3) is 0 Å². The summed E-state index contributed by atoms with van der Waals surface area (Å²) < 4.78 is 44.8. The molecular formula is C22H28N2O6S. The third kappa shape index (κ3) is 5.36. The molecule has 168 valence electrons. The second-order valence-corrected chi connectivity index (χ2v) is 8.84. The number of carbonyl (C=O) groups is 1. The van der Waals surface area contributed by atoms with Crippen LogP contribution in [0.2, 0.25) is 0 Å². The molecule has 1 heterocycles. The lowest BCUT2D eigenvalue weighted by Crippen LogP contribution is -2.40. The molecule has 2 aromatic rings. The van der Waals surface area contributed by atoms with E-state index in [0.29, 0.717) is 44.2 Å². The van der Waals surface area contributed by atoms with Gasteiger partial charge < -0.3 is 19.1 Å². The van der Waals surface area contributed by atoms with Crippen molar-refractivity contribution in [1.82, 2.24) is 9.62 Å². The fourth-order valence-corrected chi connectivity index (χ4v) is 4.77. The predicted molar refractivity (Wildman–Crippen MR) is 116 cm³/mol. The summed E-state index contributed by atoms with van der Waals surface area (Å²) in [6.45, 7) is 3.71. The summed E-state index contributed by atoms with van der Waals surface area (Å²) in [4.78, 5) is 14.6. The molecule has 9 heteroatoms. The SMILES string of the molecule is CC[C@@H](NS(=O)(=O)c1ccc(OC)c(C(=O)N2CCOCC2)c1)c1ccc(OC)cc1. The molecule has 1 N–H and O–H groups in total. The average molecular weight is 449 g/mol. The first-order chi connectivity index (χ1) is 14.9. The molecular weight excluding hydrogens is 420 g/mol. The van der Waals surface area contributed by atoms with Crippen LogP contribution in [0.4, 0.5) is 0 Å². The Morgan fingerprint density at radius 1 is 1.10 bits per heavy atom. The number of hydrogen-bond acceptors (Lipinski definition) is 6. The summed E-state index contributed by atoms with van der Waals surface area (Å²) in [5.74, 6) is 0.750. The minimum atomic E-state index is -3.88. The highest BCUT2D eigenvalue weighted by Gasteiger charge is 2.26. The van der Waals surface area contributed by atoms with Crippen molar-refractivity contribution in [3.63, 3.8) is 0 Å². The maximum absolute atomic E-state index is 13.1. The molecule has 1 saturated heterocycles. The van der Waals surface area contributed by atoms with Crippen LogP contribution >= 0.6 is 0 Å². The highest BCUT2D eigenvalue weighted by Crippen LogP contribution is 2.27. The van der Waals surface area contributed by atoms with Gasteiger partial charge in [-0.05, 0) is 42.3 Å². The van der Waals surface area contributed by atoms with Crippen LogP contribution in [-0.2, 0) is 14.8 Å². The molecule has 1 aliphatic rings. The number of sulfonamides is 1. The highest BCUT2D eigenvalue weighted by atomic mass is 32.2. The van der Waals surface area contributed by atoms with Crippen molar-refractivity contribution in [2.24, 2.45) is 0 Å². The zero-order valence-electron chi connectivity index (χ0n) is 18.0. The molecule has 1 atom stereocenters. The van der Waals surface area contributed by atoms with E-state index in [2.05, 4.69) is 4.72 Å². The van der Waals surface area contributed by atoms with Gasteiger partial charge in [0.1, 0.15) is 11.5 Å². The molecule has 8 nitrogen and oxygen atoms in total. The van der Waals surface area contributed by atoms with E-state index in [9.17, 15) is 13.2 Å². The number of hydrogen-bond donors (Lipinski definition) is 1. The van der Waals surface area contributed by atoms with Gasteiger partial charge in [-0.2, -0.15) is 0 Å². The monoisotopic (exact) mass is 448 g/mol. The second-order valence-electron chi connectivity index (χ2n) is 7.12. The van der Waals surface area contributed by atoms with Gasteiger partial charge in [-0.15, -0.1) is 0 Å². The van der Waals surface area contributed by atoms with Crippen LogP contribution in [0.3, 0.4) is 0 Å². The lowest BCUT2D eigenvalue weighted by molar-refractivity contribution is 0.0300. The van der Waals surface area contributed by atoms with Gasteiger partial charge in [-0.3, -0.25) is 4.79 Å². The van der Waals surface area contributed by atoms with Crippen molar-refractivity contribution in [2.75, 3.05) is 40.5 Å². The number of carbonyl (C=O) groups excluding carboxylic acids is 1. The summed E-state index contributed by atoms with van der Waals surface area (Å²) in [6, 6.07) is 11.1. The molecule has 0 saturated carbocycles. The predicted octanol–water partition coefficient (Wildman–Crippen LogP) is 2.61. The normalized spacial score (nSPS) is 15.4. The summed E-state index contributed by atoms with van der Waals surface area (Å²) in [6.07, 6.45) is 0.557. The van der Waals surface area contributed by atoms with E-state index in [1.165, 1.54) is 25.3 Å². The molecule has 0 radical (unpaired) electrons. The molecule has 2 aromatic carbocycles. The van der Waals surface area contributed by atoms with Crippen LogP contribution in [0.5, 0.6) is 11.5 Å². The Morgan fingerprint density at radius 3 is 2.35 bits per heavy atom. The molecule has 0 bridgehead atoms. The lowest BCUT2D eigenvalue weighted by atomic mass is 10.1. The summed E-state index contributed by atoms with van der Waals surface area (Å²) in [5.41, 5.74) is 1.04. The standard InChI is InChI=1S/C22H28N2O6S/c1-4-20(16-5-7-17(28-2)8-6-16)23-31(26,27)18-9-10-21(29-3)19(15-18)22(25)24-11-13-30-14-12-24/h5-10,15,20,23H,4,11-14H2,1-3H3/t20-/m1/s1. The molecule has 1 amide bonds. The Hall–Kier alpha value is -2.62. The molecule has 0 spiro atoms. The third-order valence-electron chi connectivity index (χ3n) is 5.23. The topological polar surface area (TPSA) is 94.2 Å². The molecule has 1 aliphatic heterocycles. The fourth-order valence-electron chi connectivity index (χ4n) is 3.44. The zero-order valence-corrected chi connectivity index (χ0v) is 18.8. The van der Waals surface area contributed by atoms with Crippen LogP contribution in [-0.4, -0.2) is 59.7 Å². The quantitative estimate of drug-likeness (QED) is 0.667. The first kappa shape index (κ1) is 23.1. The van der Waals surface area contributed by atoms with Gasteiger partial charge >= 0.3 is 0 Å². The minimum absolute atomic E-state index is 0.0110. The van der Waals surface area contributed by atoms with Crippen molar-refractivity contribution in [2.45, 2.75) is 24.3 Å². The van der Waals surface area contributed by atoms with Crippen LogP contribution in [0.15, 0.2) is 47.4 Å². The number of methoxy groups -OCH3 is 2. The highest BCUT2D eigenvalue weighted by molar-refractivity contribution is 7.89. The maximum Gasteiger partial charge on any atom is 0.257 e. The van der Waals surface area contributed by atoms with Crippen molar-refractivity contribution < 1.29 is 27.4 Å². The maximum atomic E-state index is 13.1. The third-order valence-corrected chi connectivity index (χ3v) is 6.70. The first-order valence-corrected chi connectivity index (χ1v) is 11.6. The Balaban J connectivity index is 1.87. The van der Waals surface area contributed by atoms with Gasteiger partial charge in [-0.1, -0.05) is 19.1 Å². The van der Waals surface area contributed by atoms with Crippen molar-refractivity contribution in [3.8, 4) is 11.5 Å². The van der Waals surface area contributed by atoms with Crippen molar-refractivity contribution >= 4 is 15.9 Å². The molecule has 0 aromatic heterocycles.